The van der Waals surface area contributed by atoms with Crippen LogP contribution in [0.25, 0.3) is 0 Å². The highest BCUT2D eigenvalue weighted by atomic mass is 16.5. The van der Waals surface area contributed by atoms with Crippen molar-refractivity contribution >= 4 is 0 Å². The van der Waals surface area contributed by atoms with Crippen molar-refractivity contribution in [2.45, 2.75) is 19.8 Å². The van der Waals surface area contributed by atoms with Crippen LogP contribution in [-0.2, 0) is 4.74 Å². The summed E-state index contributed by atoms with van der Waals surface area (Å²) in [7, 11) is 1.93. The van der Waals surface area contributed by atoms with Crippen molar-refractivity contribution < 1.29 is 4.74 Å². The molecule has 11 heavy (non-hydrogen) atoms. The normalized spacial score (nSPS) is 8.91. The minimum Gasteiger partial charge on any atom is -0.381 e. The van der Waals surface area contributed by atoms with E-state index >= 15 is 0 Å². The van der Waals surface area contributed by atoms with E-state index in [1.54, 1.807) is 0 Å². The van der Waals surface area contributed by atoms with Crippen molar-refractivity contribution in [2.24, 2.45) is 0 Å². The average Bonchev–Trinajstić information content (AvgIpc) is 2.03. The Balaban J connectivity index is 2.99. The number of nitrogens with one attached hydrogen (secondary N) is 1. The van der Waals surface area contributed by atoms with E-state index in [-0.39, 0.29) is 0 Å². The van der Waals surface area contributed by atoms with Crippen molar-refractivity contribution in [3.05, 3.63) is 0 Å². The molecule has 64 valence electrons. The molecule has 0 fully saturated rings. The predicted molar refractivity (Wildman–Crippen MR) is 47.4 cm³/mol. The highest BCUT2D eigenvalue weighted by Crippen LogP contribution is 1.79. The summed E-state index contributed by atoms with van der Waals surface area (Å²) in [5.74, 6) is 6.09. The molecular weight excluding hydrogens is 138 g/mol. The van der Waals surface area contributed by atoms with Gasteiger partial charge in [0.2, 0.25) is 0 Å². The molecule has 0 bridgehead atoms. The third-order valence-corrected chi connectivity index (χ3v) is 1.20. The van der Waals surface area contributed by atoms with Crippen molar-refractivity contribution in [2.75, 3.05) is 26.8 Å². The van der Waals surface area contributed by atoms with Crippen LogP contribution in [-0.4, -0.2) is 26.8 Å². The van der Waals surface area contributed by atoms with Crippen LogP contribution in [0.2, 0.25) is 0 Å². The molecule has 0 rings (SSSR count). The average molecular weight is 155 g/mol. The van der Waals surface area contributed by atoms with E-state index in [9.17, 15) is 0 Å². The molecule has 0 aromatic rings. The smallest absolute Gasteiger partial charge is 0.0575 e. The number of hydrogen-bond acceptors (Lipinski definition) is 2. The Morgan fingerprint density at radius 2 is 2.00 bits per heavy atom. The van der Waals surface area contributed by atoms with Crippen LogP contribution in [0.5, 0.6) is 0 Å². The summed E-state index contributed by atoms with van der Waals surface area (Å²) in [4.78, 5) is 0. The number of rotatable bonds is 5. The molecular formula is C9H17NO. The standard InChI is InChI=1S/C9H17NO/c1-3-11-9-7-5-4-6-8-10-2/h10H,3,6-9H2,1-2H3. The fraction of sp³-hybridized carbons (Fsp3) is 0.778. The maximum Gasteiger partial charge on any atom is 0.0575 e. The Morgan fingerprint density at radius 3 is 2.64 bits per heavy atom. The van der Waals surface area contributed by atoms with Crippen LogP contribution in [0, 0.1) is 11.8 Å². The lowest BCUT2D eigenvalue weighted by Crippen LogP contribution is -2.05. The number of ether oxygens (including phenoxy) is 1. The summed E-state index contributed by atoms with van der Waals surface area (Å²) < 4.78 is 5.12. The van der Waals surface area contributed by atoms with Crippen LogP contribution in [0.3, 0.4) is 0 Å². The van der Waals surface area contributed by atoms with Crippen molar-refractivity contribution in [1.29, 1.82) is 0 Å². The molecule has 0 spiro atoms. The second kappa shape index (κ2) is 9.48. The molecule has 0 aromatic carbocycles. The lowest BCUT2D eigenvalue weighted by atomic mass is 10.4. The third kappa shape index (κ3) is 9.48. The molecule has 2 nitrogen and oxygen atoms in total. The quantitative estimate of drug-likeness (QED) is 0.473. The lowest BCUT2D eigenvalue weighted by molar-refractivity contribution is 0.154. The van der Waals surface area contributed by atoms with E-state index in [2.05, 4.69) is 17.2 Å². The summed E-state index contributed by atoms with van der Waals surface area (Å²) in [6, 6.07) is 0. The Hall–Kier alpha value is -0.520. The van der Waals surface area contributed by atoms with Crippen molar-refractivity contribution in [1.82, 2.24) is 5.32 Å². The van der Waals surface area contributed by atoms with E-state index in [1.807, 2.05) is 14.0 Å². The summed E-state index contributed by atoms with van der Waals surface area (Å²) >= 11 is 0. The molecule has 0 heterocycles. The summed E-state index contributed by atoms with van der Waals surface area (Å²) in [5.41, 5.74) is 0. The Kier molecular flexibility index (Phi) is 9.03. The maximum absolute atomic E-state index is 5.12. The van der Waals surface area contributed by atoms with Gasteiger partial charge in [-0.2, -0.15) is 0 Å². The molecule has 0 saturated heterocycles. The first-order chi connectivity index (χ1) is 5.41. The first-order valence-electron chi connectivity index (χ1n) is 4.10. The van der Waals surface area contributed by atoms with E-state index in [1.165, 1.54) is 0 Å². The molecule has 0 amide bonds. The molecule has 2 heteroatoms. The topological polar surface area (TPSA) is 21.3 Å². The third-order valence-electron chi connectivity index (χ3n) is 1.20. The summed E-state index contributed by atoms with van der Waals surface area (Å²) in [5, 5.41) is 3.04. The minimum absolute atomic E-state index is 0.767. The van der Waals surface area contributed by atoms with Crippen LogP contribution in [0.4, 0.5) is 0 Å². The van der Waals surface area contributed by atoms with Gasteiger partial charge in [-0.15, -0.1) is 11.8 Å². The fourth-order valence-corrected chi connectivity index (χ4v) is 0.632. The molecule has 0 aliphatic carbocycles. The second-order valence-corrected chi connectivity index (χ2v) is 2.15. The largest absolute Gasteiger partial charge is 0.381 e. The first-order valence-corrected chi connectivity index (χ1v) is 4.10. The molecule has 0 atom stereocenters. The van der Waals surface area contributed by atoms with Gasteiger partial charge in [0.05, 0.1) is 6.61 Å². The van der Waals surface area contributed by atoms with Crippen molar-refractivity contribution in [3.8, 4) is 11.8 Å². The van der Waals surface area contributed by atoms with Crippen LogP contribution >= 0.6 is 0 Å². The highest BCUT2D eigenvalue weighted by molar-refractivity contribution is 4.98. The van der Waals surface area contributed by atoms with Gasteiger partial charge >= 0.3 is 0 Å². The predicted octanol–water partition coefficient (Wildman–Crippen LogP) is 1.03. The molecule has 0 aromatic heterocycles. The van der Waals surface area contributed by atoms with Crippen LogP contribution in [0.1, 0.15) is 19.8 Å². The van der Waals surface area contributed by atoms with Gasteiger partial charge in [0.1, 0.15) is 0 Å². The fourth-order valence-electron chi connectivity index (χ4n) is 0.632. The molecule has 0 aliphatic rings. The Labute approximate surface area is 69.3 Å². The molecule has 0 unspecified atom stereocenters. The molecule has 1 N–H and O–H groups in total. The van der Waals surface area contributed by atoms with Crippen molar-refractivity contribution in [3.63, 3.8) is 0 Å². The summed E-state index contributed by atoms with van der Waals surface area (Å²) in [6.45, 7) is 4.53. The Morgan fingerprint density at radius 1 is 1.27 bits per heavy atom. The van der Waals surface area contributed by atoms with Gasteiger partial charge in [0, 0.05) is 26.0 Å². The van der Waals surface area contributed by atoms with Gasteiger partial charge in [-0.25, -0.2) is 0 Å². The number of hydrogen-bond donors (Lipinski definition) is 1. The first kappa shape index (κ1) is 10.5. The van der Waals surface area contributed by atoms with E-state index < -0.39 is 0 Å². The zero-order valence-corrected chi connectivity index (χ0v) is 7.44. The van der Waals surface area contributed by atoms with Gasteiger partial charge in [0.15, 0.2) is 0 Å². The second-order valence-electron chi connectivity index (χ2n) is 2.15. The van der Waals surface area contributed by atoms with E-state index in [0.29, 0.717) is 0 Å². The van der Waals surface area contributed by atoms with Gasteiger partial charge in [0.25, 0.3) is 0 Å². The van der Waals surface area contributed by atoms with Crippen LogP contribution < -0.4 is 5.32 Å². The van der Waals surface area contributed by atoms with Gasteiger partial charge in [-0.3, -0.25) is 0 Å². The van der Waals surface area contributed by atoms with Gasteiger partial charge < -0.3 is 10.1 Å². The maximum atomic E-state index is 5.12. The molecule has 0 radical (unpaired) electrons. The minimum atomic E-state index is 0.767. The molecule has 0 aliphatic heterocycles. The monoisotopic (exact) mass is 155 g/mol. The highest BCUT2D eigenvalue weighted by Gasteiger charge is 1.78. The van der Waals surface area contributed by atoms with E-state index in [4.69, 9.17) is 4.74 Å². The SMILES string of the molecule is CCOCCC#CCCNC. The summed E-state index contributed by atoms with van der Waals surface area (Å²) in [6.07, 6.45) is 1.79. The van der Waals surface area contributed by atoms with E-state index in [0.717, 1.165) is 32.6 Å². The van der Waals surface area contributed by atoms with Gasteiger partial charge in [-0.05, 0) is 14.0 Å². The lowest BCUT2D eigenvalue weighted by Gasteiger charge is -1.92. The zero-order chi connectivity index (χ0) is 8.36. The Bertz CT molecular complexity index is 123. The molecule has 0 saturated carbocycles. The zero-order valence-electron chi connectivity index (χ0n) is 7.44. The van der Waals surface area contributed by atoms with Crippen LogP contribution in [0.15, 0.2) is 0 Å². The van der Waals surface area contributed by atoms with Gasteiger partial charge in [-0.1, -0.05) is 0 Å².